The molecule has 0 fully saturated rings. The molecular weight excluding hydrogens is 848 g/mol. The molecule has 0 saturated heterocycles. The number of fused-ring (bicyclic) bond motifs is 12. The molecule has 0 bridgehead atoms. The van der Waals surface area contributed by atoms with Gasteiger partial charge in [-0.1, -0.05) is 71.6 Å². The van der Waals surface area contributed by atoms with Crippen molar-refractivity contribution in [1.82, 2.24) is 23.3 Å². The summed E-state index contributed by atoms with van der Waals surface area (Å²) in [5.74, 6) is 1.98. The molecule has 8 heteroatoms. The first kappa shape index (κ1) is 32.2. The van der Waals surface area contributed by atoms with Gasteiger partial charge in [0.2, 0.25) is 0 Å². The van der Waals surface area contributed by atoms with E-state index in [4.69, 9.17) is 9.72 Å². The predicted molar refractivity (Wildman–Crippen MR) is 210 cm³/mol. The Bertz CT molecular complexity index is 3230. The topological polar surface area (TPSA) is 45.7 Å². The van der Waals surface area contributed by atoms with Crippen molar-refractivity contribution in [3.05, 3.63) is 164 Å². The van der Waals surface area contributed by atoms with Gasteiger partial charge in [-0.15, -0.1) is 24.3 Å². The molecule has 5 heterocycles. The minimum atomic E-state index is 0. The Morgan fingerprint density at radius 1 is 0.593 bits per heavy atom. The van der Waals surface area contributed by atoms with Crippen LogP contribution < -0.4 is 9.30 Å². The second-order valence-corrected chi connectivity index (χ2v) is 13.4. The third-order valence-corrected chi connectivity index (χ3v) is 10.5. The number of hydrogen-bond acceptors (Lipinski definition) is 2. The van der Waals surface area contributed by atoms with Crippen LogP contribution in [0.25, 0.3) is 82.6 Å². The standard InChI is InChI=1S/C46H30N6O.Pt/c1-48-37-19-8-6-17-34(37)41-42-35-18-7-9-20-38(35)49(2)45(42)46-43(44(41)48)36-23-22-33(28-39(36)52(46)40-21-10-11-24-47-40)53-32-16-12-15-31(27-32)51-26-25-50(29-51)30-13-4-3-5-14-30;/h3-26H,1-2H3;/q-2;. The predicted octanol–water partition coefficient (Wildman–Crippen LogP) is 9.73. The van der Waals surface area contributed by atoms with Crippen molar-refractivity contribution in [2.45, 2.75) is 0 Å². The van der Waals surface area contributed by atoms with Crippen molar-refractivity contribution < 1.29 is 30.4 Å². The minimum absolute atomic E-state index is 0. The van der Waals surface area contributed by atoms with Gasteiger partial charge >= 0.3 is 0 Å². The van der Waals surface area contributed by atoms with E-state index in [0.29, 0.717) is 11.5 Å². The number of aromatic nitrogens is 6. The van der Waals surface area contributed by atoms with Crippen LogP contribution in [0.3, 0.4) is 0 Å². The van der Waals surface area contributed by atoms with E-state index in [2.05, 4.69) is 119 Å². The molecule has 11 rings (SSSR count). The van der Waals surface area contributed by atoms with Gasteiger partial charge in [-0.25, -0.2) is 4.98 Å². The van der Waals surface area contributed by atoms with Crippen LogP contribution in [0.1, 0.15) is 0 Å². The fourth-order valence-corrected chi connectivity index (χ4v) is 8.23. The van der Waals surface area contributed by atoms with Gasteiger partial charge < -0.3 is 23.0 Å². The first-order valence-corrected chi connectivity index (χ1v) is 17.6. The zero-order chi connectivity index (χ0) is 35.2. The molecule has 54 heavy (non-hydrogen) atoms. The van der Waals surface area contributed by atoms with Crippen molar-refractivity contribution >= 4 is 65.4 Å². The number of ether oxygens (including phenoxy) is 1. The SMILES string of the molecule is Cn1c2ccccc2c2c3c4ccccc4n(C)c3c3c(c4ccc(Oc5[c-]c(-[n+]6[c-]n(-c7ccccc7)cc6)ccc5)[c-]c4n3-c3ccccn3)c21.[Pt]. The smallest absolute Gasteiger partial charge is 0.267 e. The Hall–Kier alpha value is -6.43. The van der Waals surface area contributed by atoms with E-state index in [1.54, 1.807) is 0 Å². The second kappa shape index (κ2) is 12.3. The van der Waals surface area contributed by atoms with Gasteiger partial charge in [-0.2, -0.15) is 18.2 Å². The zero-order valence-corrected chi connectivity index (χ0v) is 31.5. The van der Waals surface area contributed by atoms with Crippen LogP contribution in [-0.4, -0.2) is 23.3 Å². The van der Waals surface area contributed by atoms with E-state index >= 15 is 0 Å². The Morgan fingerprint density at radius 2 is 1.28 bits per heavy atom. The first-order chi connectivity index (χ1) is 26.1. The van der Waals surface area contributed by atoms with Crippen molar-refractivity contribution in [1.29, 1.82) is 0 Å². The van der Waals surface area contributed by atoms with Gasteiger partial charge in [-0.3, -0.25) is 4.57 Å². The maximum Gasteiger partial charge on any atom is 0.267 e. The summed E-state index contributed by atoms with van der Waals surface area (Å²) >= 11 is 0. The Balaban J connectivity index is 0.00000361. The fraction of sp³-hybridized carbons (Fsp3) is 0.0435. The van der Waals surface area contributed by atoms with Gasteiger partial charge in [-0.05, 0) is 47.5 Å². The number of rotatable bonds is 5. The fourth-order valence-electron chi connectivity index (χ4n) is 8.23. The summed E-state index contributed by atoms with van der Waals surface area (Å²) < 4.78 is 17.4. The summed E-state index contributed by atoms with van der Waals surface area (Å²) in [6.07, 6.45) is 9.18. The van der Waals surface area contributed by atoms with Crippen LogP contribution in [0, 0.1) is 18.5 Å². The molecule has 0 radical (unpaired) electrons. The van der Waals surface area contributed by atoms with Crippen LogP contribution in [0.2, 0.25) is 0 Å². The largest absolute Gasteiger partial charge is 0.510 e. The summed E-state index contributed by atoms with van der Waals surface area (Å²) in [4.78, 5) is 4.91. The van der Waals surface area contributed by atoms with Crippen molar-refractivity contribution in [2.24, 2.45) is 14.1 Å². The first-order valence-electron chi connectivity index (χ1n) is 17.6. The number of para-hydroxylation sites is 3. The van der Waals surface area contributed by atoms with E-state index in [-0.39, 0.29) is 21.1 Å². The molecular formula is C46H30N6OPt-2. The van der Waals surface area contributed by atoms with E-state index in [1.807, 2.05) is 82.3 Å². The summed E-state index contributed by atoms with van der Waals surface area (Å²) in [6, 6.07) is 50.8. The number of benzene rings is 6. The number of hydrogen-bond donors (Lipinski definition) is 0. The van der Waals surface area contributed by atoms with E-state index in [0.717, 1.165) is 44.5 Å². The number of nitrogens with zero attached hydrogens (tertiary/aromatic N) is 6. The van der Waals surface area contributed by atoms with Gasteiger partial charge in [0, 0.05) is 103 Å². The third-order valence-electron chi connectivity index (χ3n) is 10.5. The average Bonchev–Trinajstić information content (AvgIpc) is 3.97. The van der Waals surface area contributed by atoms with Crippen LogP contribution >= 0.6 is 0 Å². The van der Waals surface area contributed by atoms with Gasteiger partial charge in [0.1, 0.15) is 5.82 Å². The van der Waals surface area contributed by atoms with E-state index in [1.165, 1.54) is 38.1 Å². The van der Waals surface area contributed by atoms with Crippen LogP contribution in [0.15, 0.2) is 146 Å². The van der Waals surface area contributed by atoms with Crippen molar-refractivity contribution in [3.63, 3.8) is 0 Å². The molecule has 0 unspecified atom stereocenters. The van der Waals surface area contributed by atoms with Crippen molar-refractivity contribution in [3.8, 4) is 28.7 Å². The molecule has 0 aliphatic heterocycles. The molecule has 0 aliphatic carbocycles. The maximum atomic E-state index is 6.56. The van der Waals surface area contributed by atoms with E-state index < -0.39 is 0 Å². The molecule has 0 atom stereocenters. The van der Waals surface area contributed by atoms with Gasteiger partial charge in [0.15, 0.2) is 0 Å². The molecule has 0 aliphatic rings. The monoisotopic (exact) mass is 877 g/mol. The number of imidazole rings is 1. The minimum Gasteiger partial charge on any atom is -0.510 e. The molecule has 7 nitrogen and oxygen atoms in total. The quantitative estimate of drug-likeness (QED) is 0.128. The zero-order valence-electron chi connectivity index (χ0n) is 29.3. The average molecular weight is 878 g/mol. The summed E-state index contributed by atoms with van der Waals surface area (Å²) in [5.41, 5.74) is 8.53. The van der Waals surface area contributed by atoms with Gasteiger partial charge in [0.05, 0.1) is 16.7 Å². The van der Waals surface area contributed by atoms with Crippen LogP contribution in [0.4, 0.5) is 0 Å². The Morgan fingerprint density at radius 3 is 2.04 bits per heavy atom. The second-order valence-electron chi connectivity index (χ2n) is 13.4. The summed E-state index contributed by atoms with van der Waals surface area (Å²) in [5, 5.41) is 7.18. The van der Waals surface area contributed by atoms with Crippen LogP contribution in [0.5, 0.6) is 11.5 Å². The number of aryl methyl sites for hydroxylation is 2. The molecule has 0 amide bonds. The Kier molecular flexibility index (Phi) is 7.36. The molecule has 0 spiro atoms. The third kappa shape index (κ3) is 4.65. The molecule has 6 aromatic carbocycles. The Labute approximate surface area is 324 Å². The number of pyridine rings is 1. The summed E-state index contributed by atoms with van der Waals surface area (Å²) in [6.45, 7) is 0. The van der Waals surface area contributed by atoms with Crippen LogP contribution in [-0.2, 0) is 35.2 Å². The summed E-state index contributed by atoms with van der Waals surface area (Å²) in [7, 11) is 4.35. The van der Waals surface area contributed by atoms with Gasteiger partial charge in [0.25, 0.3) is 6.33 Å². The molecule has 5 aromatic heterocycles. The molecule has 0 N–H and O–H groups in total. The molecule has 11 aromatic rings. The van der Waals surface area contributed by atoms with Crippen molar-refractivity contribution in [2.75, 3.05) is 0 Å². The molecule has 0 saturated carbocycles. The molecule has 262 valence electrons. The normalized spacial score (nSPS) is 11.7. The van der Waals surface area contributed by atoms with E-state index in [9.17, 15) is 0 Å². The maximum absolute atomic E-state index is 6.56.